The minimum atomic E-state index is -5.98. The van der Waals surface area contributed by atoms with Crippen molar-refractivity contribution in [1.29, 1.82) is 0 Å². The first-order valence-corrected chi connectivity index (χ1v) is 23.9. The third kappa shape index (κ3) is 9.95. The second-order valence-corrected chi connectivity index (χ2v) is 20.1. The Morgan fingerprint density at radius 3 is 2.22 bits per heavy atom. The number of nitrogens with zero attached hydrogens (tertiary/aromatic N) is 9. The van der Waals surface area contributed by atoms with E-state index >= 15 is 0 Å². The van der Waals surface area contributed by atoms with Crippen molar-refractivity contribution in [3.63, 3.8) is 0 Å². The zero-order chi connectivity index (χ0) is 46.7. The summed E-state index contributed by atoms with van der Waals surface area (Å²) >= 11 is 0. The third-order valence-electron chi connectivity index (χ3n) is 9.33. The van der Waals surface area contributed by atoms with Crippen LogP contribution in [0.2, 0.25) is 0 Å². The lowest BCUT2D eigenvalue weighted by Crippen LogP contribution is -2.47. The third-order valence-corrected chi connectivity index (χ3v) is 14.9. The molecule has 6 unspecified atom stereocenters. The number of rotatable bonds is 18. The highest BCUT2D eigenvalue weighted by Gasteiger charge is 2.50. The van der Waals surface area contributed by atoms with Crippen molar-refractivity contribution in [1.82, 2.24) is 49.0 Å². The fourth-order valence-corrected chi connectivity index (χ4v) is 11.1. The number of anilines is 2. The number of fused-ring (bicyclic) bond motifs is 2. The molecule has 38 heteroatoms. The quantitative estimate of drug-likeness (QED) is 0.0290. The summed E-state index contributed by atoms with van der Waals surface area (Å²) in [6.45, 7) is -3.00. The lowest BCUT2D eigenvalue weighted by Gasteiger charge is -2.20. The van der Waals surface area contributed by atoms with Crippen LogP contribution in [-0.2, 0) is 68.3 Å². The Balaban J connectivity index is 0.889. The first-order chi connectivity index (χ1) is 29.9. The Hall–Kier alpha value is -4.24. The molecule has 0 aliphatic carbocycles. The maximum Gasteiger partial charge on any atom is 0.488 e. The van der Waals surface area contributed by atoms with Crippen molar-refractivity contribution in [2.24, 2.45) is 7.05 Å². The van der Waals surface area contributed by atoms with E-state index in [9.17, 15) is 62.7 Å². The number of phosphoric acid groups is 3. The standard InChI is InChI=1S/C26H37N13O21P4/c1-36-9-39(20-14(36)22(44)33-26(28)31-20)24-18(53-2)16(41)11(58-24)7-56-63(49,50)60-64(51,52)59-61(45,46)12-5-37(35-34-12)3-4-54-62(47,48)55-6-10-15(40)17(42)23(57-10)38-8-29-13-19(38)30-25(27)32-21(13)43/h5,8-11,15-18,23-24,40-42H,3-4,6-7H2,1-2H3,(H9-,27,28,30,31,32,33,43,44,45,46,47,48,49,50,51,52)/p+1/t10-,11-,15?,16?,17+,18+,23-,24-/m1/s1. The van der Waals surface area contributed by atoms with Crippen LogP contribution in [0, 0.1) is 0 Å². The largest absolute Gasteiger partial charge is 0.488 e. The summed E-state index contributed by atoms with van der Waals surface area (Å²) in [6, 6.07) is 0. The van der Waals surface area contributed by atoms with Crippen LogP contribution in [-0.4, -0.2) is 147 Å². The van der Waals surface area contributed by atoms with E-state index in [1.165, 1.54) is 29.6 Å². The molecule has 12 atom stereocenters. The van der Waals surface area contributed by atoms with E-state index in [1.807, 2.05) is 0 Å². The van der Waals surface area contributed by atoms with Gasteiger partial charge in [-0.05, 0) is 0 Å². The van der Waals surface area contributed by atoms with Crippen LogP contribution in [0.1, 0.15) is 12.5 Å². The van der Waals surface area contributed by atoms with Crippen molar-refractivity contribution in [2.75, 3.05) is 38.4 Å². The van der Waals surface area contributed by atoms with Gasteiger partial charge in [0.1, 0.15) is 36.6 Å². The first kappa shape index (κ1) is 47.7. The number of methoxy groups -OCH3 is 1. The highest BCUT2D eigenvalue weighted by atomic mass is 31.3. The van der Waals surface area contributed by atoms with Gasteiger partial charge in [0.25, 0.3) is 17.1 Å². The monoisotopic (exact) mass is 992 g/mol. The van der Waals surface area contributed by atoms with E-state index < -0.39 is 123 Å². The van der Waals surface area contributed by atoms with E-state index in [0.717, 1.165) is 15.6 Å². The smallest absolute Gasteiger partial charge is 0.387 e. The molecule has 7 heterocycles. The molecule has 352 valence electrons. The van der Waals surface area contributed by atoms with Crippen LogP contribution >= 0.6 is 31.1 Å². The topological polar surface area (TPSA) is 485 Å². The summed E-state index contributed by atoms with van der Waals surface area (Å²) in [6.07, 6.45) is -8.52. The lowest BCUT2D eigenvalue weighted by atomic mass is 10.1. The van der Waals surface area contributed by atoms with Gasteiger partial charge in [-0.2, -0.15) is 9.29 Å². The molecular formula is C26H38N13O21P4+. The average molecular weight is 993 g/mol. The van der Waals surface area contributed by atoms with Gasteiger partial charge in [0.15, 0.2) is 29.2 Å². The van der Waals surface area contributed by atoms with Crippen LogP contribution in [0.5, 0.6) is 0 Å². The maximum atomic E-state index is 12.9. The van der Waals surface area contributed by atoms with E-state index in [1.54, 1.807) is 0 Å². The van der Waals surface area contributed by atoms with Crippen molar-refractivity contribution in [2.45, 2.75) is 55.6 Å². The van der Waals surface area contributed by atoms with Crippen molar-refractivity contribution in [3.05, 3.63) is 39.6 Å². The van der Waals surface area contributed by atoms with Gasteiger partial charge in [-0.15, -0.1) is 5.10 Å². The molecule has 0 spiro atoms. The van der Waals surface area contributed by atoms with Gasteiger partial charge in [-0.3, -0.25) is 46.8 Å². The average Bonchev–Trinajstić information content (AvgIpc) is 4.01. The zero-order valence-corrected chi connectivity index (χ0v) is 36.1. The van der Waals surface area contributed by atoms with Gasteiger partial charge in [0.05, 0.1) is 45.9 Å². The van der Waals surface area contributed by atoms with Gasteiger partial charge in [-0.25, -0.2) is 32.2 Å². The molecule has 0 radical (unpaired) electrons. The second kappa shape index (κ2) is 17.9. The number of hydrogen-bond donors (Lipinski definition) is 11. The fraction of sp³-hybridized carbons (Fsp3) is 0.538. The molecule has 0 amide bonds. The Kier molecular flexibility index (Phi) is 13.3. The number of nitrogens with one attached hydrogen (secondary N) is 2. The van der Waals surface area contributed by atoms with Gasteiger partial charge in [0, 0.05) is 7.11 Å². The van der Waals surface area contributed by atoms with Crippen molar-refractivity contribution in [3.8, 4) is 0 Å². The summed E-state index contributed by atoms with van der Waals surface area (Å²) in [4.78, 5) is 81.9. The van der Waals surface area contributed by atoms with Gasteiger partial charge >= 0.3 is 36.7 Å². The number of hydrogen-bond acceptors (Lipinski definition) is 24. The Morgan fingerprint density at radius 1 is 0.859 bits per heavy atom. The van der Waals surface area contributed by atoms with Crippen LogP contribution in [0.4, 0.5) is 11.9 Å². The highest BCUT2D eigenvalue weighted by Crippen LogP contribution is 2.67. The molecular weight excluding hydrogens is 954 g/mol. The minimum Gasteiger partial charge on any atom is -0.387 e. The summed E-state index contributed by atoms with van der Waals surface area (Å²) in [5.41, 5.74) is 8.79. The molecule has 2 aliphatic heterocycles. The van der Waals surface area contributed by atoms with E-state index in [-0.39, 0.29) is 34.2 Å². The number of phosphoric ester groups is 2. The molecule has 64 heavy (non-hydrogen) atoms. The Labute approximate surface area is 354 Å². The molecule has 2 saturated heterocycles. The zero-order valence-electron chi connectivity index (χ0n) is 32.5. The molecule has 13 N–H and O–H groups in total. The molecule has 5 aromatic rings. The van der Waals surface area contributed by atoms with Gasteiger partial charge in [-0.1, -0.05) is 10.2 Å². The van der Waals surface area contributed by atoms with Crippen molar-refractivity contribution < 1.29 is 94.1 Å². The molecule has 0 bridgehead atoms. The van der Waals surface area contributed by atoms with E-state index in [4.69, 9.17) is 39.2 Å². The molecule has 2 fully saturated rings. The lowest BCUT2D eigenvalue weighted by molar-refractivity contribution is -0.746. The summed E-state index contributed by atoms with van der Waals surface area (Å²) in [7, 11) is -19.4. The first-order valence-electron chi connectivity index (χ1n) is 17.8. The van der Waals surface area contributed by atoms with Crippen LogP contribution in [0.25, 0.3) is 22.3 Å². The predicted octanol–water partition coefficient (Wildman–Crippen LogP) is -4.77. The van der Waals surface area contributed by atoms with E-state index in [2.05, 4.69) is 43.9 Å². The van der Waals surface area contributed by atoms with Crippen LogP contribution in [0.15, 0.2) is 28.4 Å². The number of ether oxygens (including phenoxy) is 3. The SMILES string of the molecule is CO[C@H]1C(O)[C@@H](COP(=O)(O)OP(=O)(O)OP(=O)(O)c2cn(CCOP(=O)(O)OC[C@H]3O[C@@H](n4cnc5c(=O)[nH]c(N)nc54)[C@@H](O)C3O)nn2)O[C@H]1[n+]1cn(C)c2c(=O)[nH]c(N)nc21. The second-order valence-electron chi connectivity index (χ2n) is 13.7. The number of aliphatic hydroxyl groups is 3. The molecule has 5 aromatic heterocycles. The minimum absolute atomic E-state index is 0.0153. The molecule has 34 nitrogen and oxygen atoms in total. The number of aliphatic hydroxyl groups excluding tert-OH is 3. The highest BCUT2D eigenvalue weighted by molar-refractivity contribution is 7.71. The normalized spacial score (nSPS) is 27.7. The number of imidazole rings is 2. The molecule has 0 aromatic carbocycles. The van der Waals surface area contributed by atoms with Crippen LogP contribution < -0.4 is 32.6 Å². The molecule has 7 rings (SSSR count). The fourth-order valence-electron chi connectivity index (χ4n) is 6.52. The number of aryl methyl sites for hydroxylation is 1. The number of H-pyrrole nitrogens is 2. The summed E-state index contributed by atoms with van der Waals surface area (Å²) < 4.78 is 94.8. The Morgan fingerprint density at radius 2 is 1.52 bits per heavy atom. The number of aromatic nitrogens is 11. The van der Waals surface area contributed by atoms with E-state index in [0.29, 0.717) is 6.20 Å². The van der Waals surface area contributed by atoms with Crippen molar-refractivity contribution >= 4 is 70.7 Å². The summed E-state index contributed by atoms with van der Waals surface area (Å²) in [5, 5.41) is 38.7. The summed E-state index contributed by atoms with van der Waals surface area (Å²) in [5.74, 6) is -0.515. The maximum absolute atomic E-state index is 12.9. The van der Waals surface area contributed by atoms with Gasteiger partial charge in [0.2, 0.25) is 17.7 Å². The number of nitrogens with two attached hydrogens (primary N) is 2. The Bertz CT molecular complexity index is 2870. The number of nitrogen functional groups attached to an aromatic ring is 2. The van der Waals surface area contributed by atoms with Crippen LogP contribution in [0.3, 0.4) is 0 Å². The molecule has 0 saturated carbocycles. The predicted molar refractivity (Wildman–Crippen MR) is 204 cm³/mol. The number of aromatic amines is 2. The molecule has 2 aliphatic rings. The van der Waals surface area contributed by atoms with Gasteiger partial charge < -0.3 is 60.6 Å².